The Morgan fingerprint density at radius 3 is 2.88 bits per heavy atom. The summed E-state index contributed by atoms with van der Waals surface area (Å²) in [5.74, 6) is 1.07. The first-order valence-corrected chi connectivity index (χ1v) is 5.43. The quantitative estimate of drug-likeness (QED) is 0.850. The SMILES string of the molecule is Nc1cc(-c2ccccc2N2C=NCC2)on1. The number of para-hydroxylation sites is 1. The van der Waals surface area contributed by atoms with E-state index in [1.165, 1.54) is 0 Å². The highest BCUT2D eigenvalue weighted by Gasteiger charge is 2.15. The lowest BCUT2D eigenvalue weighted by molar-refractivity contribution is 0.436. The first kappa shape index (κ1) is 9.89. The number of rotatable bonds is 2. The van der Waals surface area contributed by atoms with Gasteiger partial charge in [0.1, 0.15) is 0 Å². The molecule has 0 spiro atoms. The Kier molecular flexibility index (Phi) is 2.29. The van der Waals surface area contributed by atoms with Crippen molar-refractivity contribution in [2.75, 3.05) is 23.7 Å². The van der Waals surface area contributed by atoms with Crippen LogP contribution in [0.2, 0.25) is 0 Å². The van der Waals surface area contributed by atoms with E-state index in [1.54, 1.807) is 6.07 Å². The lowest BCUT2D eigenvalue weighted by Crippen LogP contribution is -2.18. The van der Waals surface area contributed by atoms with Crippen molar-refractivity contribution in [1.29, 1.82) is 0 Å². The predicted octanol–water partition coefficient (Wildman–Crippen LogP) is 1.77. The fourth-order valence-corrected chi connectivity index (χ4v) is 1.91. The number of aromatic nitrogens is 1. The first-order chi connectivity index (χ1) is 8.34. The lowest BCUT2D eigenvalue weighted by atomic mass is 10.1. The summed E-state index contributed by atoms with van der Waals surface area (Å²) in [6.07, 6.45) is 1.85. The first-order valence-electron chi connectivity index (χ1n) is 5.43. The van der Waals surface area contributed by atoms with E-state index in [9.17, 15) is 0 Å². The molecule has 0 amide bonds. The monoisotopic (exact) mass is 228 g/mol. The normalized spacial score (nSPS) is 14.5. The van der Waals surface area contributed by atoms with Crippen molar-refractivity contribution in [3.63, 3.8) is 0 Å². The largest absolute Gasteiger partial charge is 0.381 e. The fraction of sp³-hybridized carbons (Fsp3) is 0.167. The van der Waals surface area contributed by atoms with E-state index in [4.69, 9.17) is 10.3 Å². The molecule has 0 fully saturated rings. The molecule has 1 aromatic carbocycles. The minimum absolute atomic E-state index is 0.393. The molecule has 1 aliphatic heterocycles. The number of benzene rings is 1. The Hall–Kier alpha value is -2.30. The van der Waals surface area contributed by atoms with E-state index >= 15 is 0 Å². The highest BCUT2D eigenvalue weighted by atomic mass is 16.5. The molecule has 0 bridgehead atoms. The summed E-state index contributed by atoms with van der Waals surface area (Å²) < 4.78 is 5.20. The summed E-state index contributed by atoms with van der Waals surface area (Å²) in [5.41, 5.74) is 7.61. The third-order valence-electron chi connectivity index (χ3n) is 2.70. The van der Waals surface area contributed by atoms with Gasteiger partial charge < -0.3 is 15.2 Å². The van der Waals surface area contributed by atoms with Crippen molar-refractivity contribution in [2.45, 2.75) is 0 Å². The van der Waals surface area contributed by atoms with Crippen molar-refractivity contribution in [3.8, 4) is 11.3 Å². The molecule has 5 nitrogen and oxygen atoms in total. The summed E-state index contributed by atoms with van der Waals surface area (Å²) in [6.45, 7) is 1.72. The number of anilines is 2. The molecule has 3 rings (SSSR count). The van der Waals surface area contributed by atoms with Crippen LogP contribution in [-0.4, -0.2) is 24.6 Å². The van der Waals surface area contributed by atoms with E-state index in [-0.39, 0.29) is 0 Å². The Balaban J connectivity index is 2.07. The van der Waals surface area contributed by atoms with Crippen LogP contribution >= 0.6 is 0 Å². The number of hydrogen-bond acceptors (Lipinski definition) is 5. The Morgan fingerprint density at radius 1 is 1.29 bits per heavy atom. The molecular formula is C12H12N4O. The number of aliphatic imine (C=N–C) groups is 1. The molecule has 5 heteroatoms. The van der Waals surface area contributed by atoms with Gasteiger partial charge in [0.25, 0.3) is 0 Å². The third kappa shape index (κ3) is 1.75. The minimum Gasteiger partial charge on any atom is -0.381 e. The molecule has 0 saturated carbocycles. The number of nitrogens with two attached hydrogens (primary N) is 1. The van der Waals surface area contributed by atoms with Gasteiger partial charge in [-0.2, -0.15) is 0 Å². The zero-order valence-electron chi connectivity index (χ0n) is 9.21. The molecule has 0 radical (unpaired) electrons. The van der Waals surface area contributed by atoms with Crippen molar-refractivity contribution < 1.29 is 4.52 Å². The maximum atomic E-state index is 5.57. The fourth-order valence-electron chi connectivity index (χ4n) is 1.91. The Morgan fingerprint density at radius 2 is 2.18 bits per heavy atom. The van der Waals surface area contributed by atoms with Gasteiger partial charge in [0.05, 0.1) is 18.6 Å². The van der Waals surface area contributed by atoms with Gasteiger partial charge in [-0.15, -0.1) is 0 Å². The summed E-state index contributed by atoms with van der Waals surface area (Å²) in [6, 6.07) is 9.70. The molecule has 1 aromatic heterocycles. The highest BCUT2D eigenvalue weighted by Crippen LogP contribution is 2.31. The van der Waals surface area contributed by atoms with Crippen LogP contribution < -0.4 is 10.6 Å². The molecule has 0 atom stereocenters. The molecule has 1 aliphatic rings. The molecule has 0 aliphatic carbocycles. The molecule has 17 heavy (non-hydrogen) atoms. The van der Waals surface area contributed by atoms with E-state index in [2.05, 4.69) is 15.0 Å². The molecule has 0 unspecified atom stereocenters. The van der Waals surface area contributed by atoms with E-state index in [0.717, 1.165) is 24.3 Å². The van der Waals surface area contributed by atoms with Crippen LogP contribution in [0.4, 0.5) is 11.5 Å². The van der Waals surface area contributed by atoms with E-state index < -0.39 is 0 Å². The number of nitrogen functional groups attached to an aromatic ring is 1. The summed E-state index contributed by atoms with van der Waals surface area (Å²) in [7, 11) is 0. The lowest BCUT2D eigenvalue weighted by Gasteiger charge is -2.16. The van der Waals surface area contributed by atoms with Crippen LogP contribution in [0.1, 0.15) is 0 Å². The van der Waals surface area contributed by atoms with E-state index in [0.29, 0.717) is 11.6 Å². The molecule has 86 valence electrons. The van der Waals surface area contributed by atoms with Gasteiger partial charge in [0.15, 0.2) is 11.6 Å². The molecule has 0 saturated heterocycles. The van der Waals surface area contributed by atoms with Crippen LogP contribution in [0.25, 0.3) is 11.3 Å². The van der Waals surface area contributed by atoms with Crippen LogP contribution in [0.5, 0.6) is 0 Å². The number of hydrogen-bond donors (Lipinski definition) is 1. The smallest absolute Gasteiger partial charge is 0.171 e. The molecule has 2 N–H and O–H groups in total. The van der Waals surface area contributed by atoms with Crippen molar-refractivity contribution in [2.24, 2.45) is 4.99 Å². The van der Waals surface area contributed by atoms with Crippen molar-refractivity contribution in [1.82, 2.24) is 5.16 Å². The van der Waals surface area contributed by atoms with Crippen LogP contribution in [0.3, 0.4) is 0 Å². The summed E-state index contributed by atoms with van der Waals surface area (Å²) in [5, 5.41) is 3.71. The van der Waals surface area contributed by atoms with Gasteiger partial charge in [-0.3, -0.25) is 4.99 Å². The highest BCUT2D eigenvalue weighted by molar-refractivity contribution is 5.88. The van der Waals surface area contributed by atoms with Crippen molar-refractivity contribution in [3.05, 3.63) is 30.3 Å². The minimum atomic E-state index is 0.393. The molecule has 2 aromatic rings. The van der Waals surface area contributed by atoms with Gasteiger partial charge in [-0.05, 0) is 12.1 Å². The average molecular weight is 228 g/mol. The van der Waals surface area contributed by atoms with Gasteiger partial charge in [0, 0.05) is 18.2 Å². The Bertz CT molecular complexity index is 561. The summed E-state index contributed by atoms with van der Waals surface area (Å²) >= 11 is 0. The second-order valence-corrected chi connectivity index (χ2v) is 3.85. The number of nitrogens with zero attached hydrogens (tertiary/aromatic N) is 3. The maximum Gasteiger partial charge on any atom is 0.171 e. The summed E-state index contributed by atoms with van der Waals surface area (Å²) in [4.78, 5) is 6.30. The average Bonchev–Trinajstić information content (AvgIpc) is 3.00. The van der Waals surface area contributed by atoms with Gasteiger partial charge in [-0.1, -0.05) is 17.3 Å². The third-order valence-corrected chi connectivity index (χ3v) is 2.70. The Labute approximate surface area is 98.5 Å². The second kappa shape index (κ2) is 3.93. The molecular weight excluding hydrogens is 216 g/mol. The molecule has 2 heterocycles. The van der Waals surface area contributed by atoms with E-state index in [1.807, 2.05) is 30.6 Å². The zero-order valence-corrected chi connectivity index (χ0v) is 9.21. The topological polar surface area (TPSA) is 67.7 Å². The standard InChI is InChI=1S/C12H12N4O/c13-12-7-11(17-15-12)9-3-1-2-4-10(9)16-6-5-14-8-16/h1-4,7-8H,5-6H2,(H2,13,15). The predicted molar refractivity (Wildman–Crippen MR) is 67.1 cm³/mol. The second-order valence-electron chi connectivity index (χ2n) is 3.85. The van der Waals surface area contributed by atoms with Gasteiger partial charge in [-0.25, -0.2) is 0 Å². The van der Waals surface area contributed by atoms with Crippen LogP contribution in [0.15, 0.2) is 39.8 Å². The zero-order chi connectivity index (χ0) is 11.7. The van der Waals surface area contributed by atoms with Crippen molar-refractivity contribution >= 4 is 17.8 Å². The maximum absolute atomic E-state index is 5.57. The van der Waals surface area contributed by atoms with Gasteiger partial charge >= 0.3 is 0 Å². The van der Waals surface area contributed by atoms with Gasteiger partial charge in [0.2, 0.25) is 0 Å². The van der Waals surface area contributed by atoms with Crippen LogP contribution in [0, 0.1) is 0 Å². The van der Waals surface area contributed by atoms with Crippen LogP contribution in [-0.2, 0) is 0 Å².